The molecule has 0 saturated carbocycles. The highest BCUT2D eigenvalue weighted by Gasteiger charge is 2.15. The first kappa shape index (κ1) is 13.6. The number of pyridine rings is 1. The zero-order chi connectivity index (χ0) is 14.8. The predicted molar refractivity (Wildman–Crippen MR) is 80.6 cm³/mol. The van der Waals surface area contributed by atoms with Crippen LogP contribution in [0.4, 0.5) is 0 Å². The zero-order valence-electron chi connectivity index (χ0n) is 10.9. The van der Waals surface area contributed by atoms with Crippen LogP contribution in [0.5, 0.6) is 5.75 Å². The summed E-state index contributed by atoms with van der Waals surface area (Å²) in [5.41, 5.74) is 1.72. The number of carbonyl (C=O) groups is 1. The van der Waals surface area contributed by atoms with E-state index in [1.165, 1.54) is 10.7 Å². The lowest BCUT2D eigenvalue weighted by atomic mass is 10.2. The Morgan fingerprint density at radius 1 is 1.24 bits per heavy atom. The number of carboxylic acids is 1. The molecule has 0 atom stereocenters. The van der Waals surface area contributed by atoms with E-state index in [1.54, 1.807) is 12.1 Å². The second-order valence-corrected chi connectivity index (χ2v) is 5.17. The number of ether oxygens (including phenoxy) is 1. The average molecular weight is 347 g/mol. The molecule has 6 heteroatoms. The Balaban J connectivity index is 1.90. The van der Waals surface area contributed by atoms with Crippen molar-refractivity contribution in [3.05, 3.63) is 64.4 Å². The van der Waals surface area contributed by atoms with E-state index in [-0.39, 0.29) is 5.56 Å². The van der Waals surface area contributed by atoms with E-state index in [4.69, 9.17) is 9.84 Å². The van der Waals surface area contributed by atoms with E-state index >= 15 is 0 Å². The van der Waals surface area contributed by atoms with Crippen LogP contribution in [0, 0.1) is 0 Å². The number of rotatable bonds is 4. The van der Waals surface area contributed by atoms with Crippen molar-refractivity contribution in [1.29, 1.82) is 0 Å². The summed E-state index contributed by atoms with van der Waals surface area (Å²) < 4.78 is 7.84. The molecule has 0 aliphatic heterocycles. The fourth-order valence-electron chi connectivity index (χ4n) is 2.01. The van der Waals surface area contributed by atoms with Gasteiger partial charge in [-0.25, -0.2) is 9.31 Å². The van der Waals surface area contributed by atoms with Crippen molar-refractivity contribution < 1.29 is 14.6 Å². The summed E-state index contributed by atoms with van der Waals surface area (Å²) in [5.74, 6) is -0.402. The van der Waals surface area contributed by atoms with Crippen LogP contribution >= 0.6 is 15.9 Å². The average Bonchev–Trinajstić information content (AvgIpc) is 2.92. The summed E-state index contributed by atoms with van der Waals surface area (Å²) in [6.07, 6.45) is 1.32. The van der Waals surface area contributed by atoms with Gasteiger partial charge in [0.2, 0.25) is 0 Å². The lowest BCUT2D eigenvalue weighted by Crippen LogP contribution is -2.00. The second kappa shape index (κ2) is 5.57. The molecule has 0 fully saturated rings. The van der Waals surface area contributed by atoms with Gasteiger partial charge >= 0.3 is 5.97 Å². The number of hydrogen-bond donors (Lipinski definition) is 1. The number of hydrogen-bond acceptors (Lipinski definition) is 3. The number of carboxylic acid groups (broad SMARTS) is 1. The molecule has 0 bridgehead atoms. The molecule has 0 aliphatic carbocycles. The third-order valence-electron chi connectivity index (χ3n) is 3.06. The molecule has 1 aromatic carbocycles. The predicted octanol–water partition coefficient (Wildman–Crippen LogP) is 3.37. The Labute approximate surface area is 128 Å². The Hall–Kier alpha value is -2.34. The van der Waals surface area contributed by atoms with Gasteiger partial charge in [-0.1, -0.05) is 30.3 Å². The van der Waals surface area contributed by atoms with Gasteiger partial charge in [-0.15, -0.1) is 0 Å². The standard InChI is InChI=1S/C15H11BrN2O3/c16-14-13(21-9-10-4-2-1-3-5-10)7-6-12-11(15(19)20)8-17-18(12)14/h1-8H,9H2,(H,19,20). The highest BCUT2D eigenvalue weighted by molar-refractivity contribution is 9.10. The molecule has 2 aromatic heterocycles. The van der Waals surface area contributed by atoms with Gasteiger partial charge in [-0.3, -0.25) is 0 Å². The zero-order valence-corrected chi connectivity index (χ0v) is 12.4. The van der Waals surface area contributed by atoms with E-state index < -0.39 is 5.97 Å². The van der Waals surface area contributed by atoms with E-state index in [1.807, 2.05) is 30.3 Å². The van der Waals surface area contributed by atoms with Gasteiger partial charge in [0.05, 0.1) is 11.7 Å². The summed E-state index contributed by atoms with van der Waals surface area (Å²) in [6.45, 7) is 0.429. The van der Waals surface area contributed by atoms with E-state index in [0.717, 1.165) is 5.56 Å². The van der Waals surface area contributed by atoms with Crippen LogP contribution < -0.4 is 4.74 Å². The van der Waals surface area contributed by atoms with E-state index in [0.29, 0.717) is 22.5 Å². The van der Waals surface area contributed by atoms with Crippen molar-refractivity contribution in [2.45, 2.75) is 6.61 Å². The third kappa shape index (κ3) is 2.62. The molecule has 0 aliphatic rings. The van der Waals surface area contributed by atoms with Crippen LogP contribution in [0.1, 0.15) is 15.9 Å². The molecule has 0 radical (unpaired) electrons. The first-order valence-corrected chi connectivity index (χ1v) is 7.02. The molecule has 21 heavy (non-hydrogen) atoms. The van der Waals surface area contributed by atoms with Gasteiger partial charge in [-0.05, 0) is 33.6 Å². The number of benzene rings is 1. The number of nitrogens with zero attached hydrogens (tertiary/aromatic N) is 2. The molecule has 0 saturated heterocycles. The lowest BCUT2D eigenvalue weighted by molar-refractivity contribution is 0.0699. The molecule has 1 N–H and O–H groups in total. The first-order chi connectivity index (χ1) is 10.2. The summed E-state index contributed by atoms with van der Waals surface area (Å²) in [4.78, 5) is 11.1. The highest BCUT2D eigenvalue weighted by Crippen LogP contribution is 2.28. The molecule has 2 heterocycles. The minimum Gasteiger partial charge on any atom is -0.486 e. The first-order valence-electron chi connectivity index (χ1n) is 6.23. The Morgan fingerprint density at radius 2 is 2.00 bits per heavy atom. The van der Waals surface area contributed by atoms with Gasteiger partial charge in [0.1, 0.15) is 16.8 Å². The monoisotopic (exact) mass is 346 g/mol. The molecule has 5 nitrogen and oxygen atoms in total. The summed E-state index contributed by atoms with van der Waals surface area (Å²) in [7, 11) is 0. The maximum Gasteiger partial charge on any atom is 0.339 e. The van der Waals surface area contributed by atoms with Crippen LogP contribution in [0.15, 0.2) is 53.3 Å². The number of aromatic carboxylic acids is 1. The Morgan fingerprint density at radius 3 is 2.71 bits per heavy atom. The minimum atomic E-state index is -1.00. The normalized spacial score (nSPS) is 10.7. The van der Waals surface area contributed by atoms with Crippen molar-refractivity contribution >= 4 is 27.4 Å². The molecule has 0 unspecified atom stereocenters. The smallest absolute Gasteiger partial charge is 0.339 e. The molecule has 3 rings (SSSR count). The van der Waals surface area contributed by atoms with Crippen LogP contribution in [0.25, 0.3) is 5.52 Å². The summed E-state index contributed by atoms with van der Waals surface area (Å²) >= 11 is 3.40. The second-order valence-electron chi connectivity index (χ2n) is 4.42. The van der Waals surface area contributed by atoms with Crippen molar-refractivity contribution in [2.75, 3.05) is 0 Å². The molecule has 106 valence electrons. The van der Waals surface area contributed by atoms with Gasteiger partial charge in [0.25, 0.3) is 0 Å². The minimum absolute atomic E-state index is 0.158. The number of halogens is 1. The van der Waals surface area contributed by atoms with Crippen LogP contribution in [0.2, 0.25) is 0 Å². The molecular weight excluding hydrogens is 336 g/mol. The van der Waals surface area contributed by atoms with Crippen molar-refractivity contribution in [3.63, 3.8) is 0 Å². The van der Waals surface area contributed by atoms with Crippen molar-refractivity contribution in [1.82, 2.24) is 9.61 Å². The molecule has 0 spiro atoms. The quantitative estimate of drug-likeness (QED) is 0.735. The van der Waals surface area contributed by atoms with Gasteiger partial charge in [0, 0.05) is 0 Å². The number of fused-ring (bicyclic) bond motifs is 1. The molecular formula is C15H11BrN2O3. The van der Waals surface area contributed by atoms with E-state index in [2.05, 4.69) is 21.0 Å². The van der Waals surface area contributed by atoms with Crippen LogP contribution in [0.3, 0.4) is 0 Å². The topological polar surface area (TPSA) is 63.8 Å². The number of aromatic nitrogens is 2. The summed E-state index contributed by atoms with van der Waals surface area (Å²) in [5, 5.41) is 13.1. The fourth-order valence-corrected chi connectivity index (χ4v) is 2.54. The van der Waals surface area contributed by atoms with E-state index in [9.17, 15) is 4.79 Å². The largest absolute Gasteiger partial charge is 0.486 e. The van der Waals surface area contributed by atoms with Gasteiger partial charge in [0.15, 0.2) is 5.75 Å². The SMILES string of the molecule is O=C(O)c1cnn2c(Br)c(OCc3ccccc3)ccc12. The van der Waals surface area contributed by atoms with Crippen molar-refractivity contribution in [2.24, 2.45) is 0 Å². The van der Waals surface area contributed by atoms with Crippen molar-refractivity contribution in [3.8, 4) is 5.75 Å². The maximum absolute atomic E-state index is 11.1. The summed E-state index contributed by atoms with van der Waals surface area (Å²) in [6, 6.07) is 13.2. The molecule has 0 amide bonds. The van der Waals surface area contributed by atoms with Crippen LogP contribution in [-0.4, -0.2) is 20.7 Å². The third-order valence-corrected chi connectivity index (χ3v) is 3.78. The van der Waals surface area contributed by atoms with Gasteiger partial charge in [-0.2, -0.15) is 5.10 Å². The lowest BCUT2D eigenvalue weighted by Gasteiger charge is -2.09. The fraction of sp³-hybridized carbons (Fsp3) is 0.0667. The highest BCUT2D eigenvalue weighted by atomic mass is 79.9. The Kier molecular flexibility index (Phi) is 3.62. The van der Waals surface area contributed by atoms with Gasteiger partial charge < -0.3 is 9.84 Å². The van der Waals surface area contributed by atoms with Crippen LogP contribution in [-0.2, 0) is 6.61 Å². The molecule has 3 aromatic rings. The Bertz CT molecular complexity index is 799. The maximum atomic E-state index is 11.1.